The number of aryl methyl sites for hydroxylation is 1. The van der Waals surface area contributed by atoms with Gasteiger partial charge in [-0.2, -0.15) is 4.31 Å². The molecule has 0 spiro atoms. The molecule has 2 heterocycles. The fourth-order valence-electron chi connectivity index (χ4n) is 2.98. The van der Waals surface area contributed by atoms with Gasteiger partial charge < -0.3 is 9.47 Å². The van der Waals surface area contributed by atoms with Crippen LogP contribution in [0.15, 0.2) is 52.3 Å². The fraction of sp³-hybridized carbons (Fsp3) is 0.333. The van der Waals surface area contributed by atoms with Crippen molar-refractivity contribution in [1.29, 1.82) is 0 Å². The van der Waals surface area contributed by atoms with E-state index in [4.69, 9.17) is 11.6 Å². The van der Waals surface area contributed by atoms with Gasteiger partial charge in [-0.25, -0.2) is 12.8 Å². The van der Waals surface area contributed by atoms with Gasteiger partial charge in [-0.1, -0.05) is 17.7 Å². The van der Waals surface area contributed by atoms with E-state index < -0.39 is 15.8 Å². The van der Waals surface area contributed by atoms with E-state index >= 15 is 0 Å². The summed E-state index contributed by atoms with van der Waals surface area (Å²) in [7, 11) is -3.81. The molecule has 7 nitrogen and oxygen atoms in total. The first-order valence-corrected chi connectivity index (χ1v) is 10.5. The topological polar surface area (TPSA) is 79.7 Å². The Labute approximate surface area is 167 Å². The number of piperazine rings is 1. The fourth-order valence-corrected chi connectivity index (χ4v) is 4.68. The first kappa shape index (κ1) is 20.5. The van der Waals surface area contributed by atoms with Crippen LogP contribution in [0.2, 0.25) is 5.02 Å². The number of hydrogen-bond acceptors (Lipinski definition) is 4. The van der Waals surface area contributed by atoms with E-state index in [1.807, 2.05) is 0 Å². The zero-order valence-corrected chi connectivity index (χ0v) is 16.5. The summed E-state index contributed by atoms with van der Waals surface area (Å²) in [5.41, 5.74) is -0.177. The number of aromatic nitrogens is 1. The minimum absolute atomic E-state index is 0.0814. The zero-order chi connectivity index (χ0) is 20.3. The minimum atomic E-state index is -3.81. The number of halogens is 2. The highest BCUT2D eigenvalue weighted by molar-refractivity contribution is 7.89. The Morgan fingerprint density at radius 3 is 2.46 bits per heavy atom. The summed E-state index contributed by atoms with van der Waals surface area (Å²) < 4.78 is 41.3. The van der Waals surface area contributed by atoms with Gasteiger partial charge in [-0.15, -0.1) is 0 Å². The molecule has 0 saturated carbocycles. The third-order valence-electron chi connectivity index (χ3n) is 4.59. The summed E-state index contributed by atoms with van der Waals surface area (Å²) >= 11 is 5.68. The van der Waals surface area contributed by atoms with E-state index in [-0.39, 0.29) is 60.5 Å². The lowest BCUT2D eigenvalue weighted by atomic mass is 10.3. The first-order chi connectivity index (χ1) is 13.3. The quantitative estimate of drug-likeness (QED) is 0.725. The largest absolute Gasteiger partial charge is 0.340 e. The van der Waals surface area contributed by atoms with Crippen molar-refractivity contribution in [2.45, 2.75) is 17.9 Å². The Kier molecular flexibility index (Phi) is 6.17. The van der Waals surface area contributed by atoms with Crippen molar-refractivity contribution in [2.75, 3.05) is 26.2 Å². The standard InChI is InChI=1S/C18H19ClFN3O4S/c19-15-13-14(4-5-16(15)20)28(26,27)23-11-9-22(10-12-23)18(25)6-8-21-7-2-1-3-17(21)24/h1-5,7,13H,6,8-12H2. The molecular formula is C18H19ClFN3O4S. The average molecular weight is 428 g/mol. The van der Waals surface area contributed by atoms with Gasteiger partial charge in [0.25, 0.3) is 5.56 Å². The van der Waals surface area contributed by atoms with Crippen LogP contribution in [0, 0.1) is 5.82 Å². The van der Waals surface area contributed by atoms with Gasteiger partial charge in [0.2, 0.25) is 15.9 Å². The molecule has 10 heteroatoms. The van der Waals surface area contributed by atoms with Gasteiger partial charge in [0.1, 0.15) is 5.82 Å². The summed E-state index contributed by atoms with van der Waals surface area (Å²) in [6, 6.07) is 8.05. The van der Waals surface area contributed by atoms with Gasteiger partial charge in [0.15, 0.2) is 0 Å². The molecule has 0 aliphatic carbocycles. The summed E-state index contributed by atoms with van der Waals surface area (Å²) in [6.45, 7) is 1.03. The van der Waals surface area contributed by atoms with Gasteiger partial charge in [0.05, 0.1) is 9.92 Å². The molecule has 0 N–H and O–H groups in total. The Morgan fingerprint density at radius 1 is 1.11 bits per heavy atom. The van der Waals surface area contributed by atoms with E-state index in [1.54, 1.807) is 23.2 Å². The maximum absolute atomic E-state index is 13.3. The van der Waals surface area contributed by atoms with Crippen LogP contribution >= 0.6 is 11.6 Å². The third kappa shape index (κ3) is 4.43. The van der Waals surface area contributed by atoms with Gasteiger partial charge >= 0.3 is 0 Å². The van der Waals surface area contributed by atoms with E-state index in [9.17, 15) is 22.4 Å². The number of carbonyl (C=O) groups excluding carboxylic acids is 1. The van der Waals surface area contributed by atoms with Crippen LogP contribution < -0.4 is 5.56 Å². The molecule has 0 atom stereocenters. The van der Waals surface area contributed by atoms with Crippen molar-refractivity contribution in [3.8, 4) is 0 Å². The highest BCUT2D eigenvalue weighted by Gasteiger charge is 2.30. The third-order valence-corrected chi connectivity index (χ3v) is 6.77. The second kappa shape index (κ2) is 8.42. The Hall–Kier alpha value is -2.23. The van der Waals surface area contributed by atoms with Crippen LogP contribution in [0.3, 0.4) is 0 Å². The number of benzene rings is 1. The number of carbonyl (C=O) groups is 1. The van der Waals surface area contributed by atoms with Crippen molar-refractivity contribution in [2.24, 2.45) is 0 Å². The molecule has 0 unspecified atom stereocenters. The molecule has 150 valence electrons. The molecule has 1 aliphatic rings. The highest BCUT2D eigenvalue weighted by Crippen LogP contribution is 2.23. The van der Waals surface area contributed by atoms with Crippen molar-refractivity contribution in [3.05, 3.63) is 63.8 Å². The molecule has 0 bridgehead atoms. The van der Waals surface area contributed by atoms with E-state index in [1.165, 1.54) is 21.0 Å². The molecule has 1 aromatic heterocycles. The SMILES string of the molecule is O=C(CCn1ccccc1=O)N1CCN(S(=O)(=O)c2ccc(F)c(Cl)c2)CC1. The van der Waals surface area contributed by atoms with Crippen LogP contribution in [0.5, 0.6) is 0 Å². The van der Waals surface area contributed by atoms with Crippen molar-refractivity contribution in [3.63, 3.8) is 0 Å². The lowest BCUT2D eigenvalue weighted by molar-refractivity contribution is -0.132. The van der Waals surface area contributed by atoms with Crippen LogP contribution in [0.1, 0.15) is 6.42 Å². The second-order valence-corrected chi connectivity index (χ2v) is 8.69. The number of amides is 1. The van der Waals surface area contributed by atoms with Crippen molar-refractivity contribution < 1.29 is 17.6 Å². The Bertz CT molecular complexity index is 1030. The molecule has 28 heavy (non-hydrogen) atoms. The first-order valence-electron chi connectivity index (χ1n) is 8.67. The lowest BCUT2D eigenvalue weighted by Gasteiger charge is -2.34. The number of pyridine rings is 1. The smallest absolute Gasteiger partial charge is 0.250 e. The van der Waals surface area contributed by atoms with Crippen molar-refractivity contribution in [1.82, 2.24) is 13.8 Å². The van der Waals surface area contributed by atoms with E-state index in [0.29, 0.717) is 0 Å². The average Bonchev–Trinajstić information content (AvgIpc) is 2.69. The predicted octanol–water partition coefficient (Wildman–Crippen LogP) is 1.56. The second-order valence-electron chi connectivity index (χ2n) is 6.34. The van der Waals surface area contributed by atoms with E-state index in [2.05, 4.69) is 0 Å². The van der Waals surface area contributed by atoms with E-state index in [0.717, 1.165) is 12.1 Å². The van der Waals surface area contributed by atoms with Crippen LogP contribution in [0.4, 0.5) is 4.39 Å². The maximum atomic E-state index is 13.3. The molecule has 2 aromatic rings. The summed E-state index contributed by atoms with van der Waals surface area (Å²) in [5.74, 6) is -0.828. The maximum Gasteiger partial charge on any atom is 0.250 e. The van der Waals surface area contributed by atoms with Crippen LogP contribution in [-0.2, 0) is 21.4 Å². The van der Waals surface area contributed by atoms with Crippen molar-refractivity contribution >= 4 is 27.5 Å². The minimum Gasteiger partial charge on any atom is -0.340 e. The summed E-state index contributed by atoms with van der Waals surface area (Å²) in [6.07, 6.45) is 1.78. The summed E-state index contributed by atoms with van der Waals surface area (Å²) in [5, 5.41) is -0.258. The van der Waals surface area contributed by atoms with Gasteiger partial charge in [-0.3, -0.25) is 9.59 Å². The number of sulfonamides is 1. The summed E-state index contributed by atoms with van der Waals surface area (Å²) in [4.78, 5) is 25.5. The van der Waals surface area contributed by atoms with Crippen LogP contribution in [-0.4, -0.2) is 54.3 Å². The van der Waals surface area contributed by atoms with Crippen LogP contribution in [0.25, 0.3) is 0 Å². The molecule has 3 rings (SSSR count). The number of nitrogens with zero attached hydrogens (tertiary/aromatic N) is 3. The number of rotatable bonds is 5. The molecule has 1 fully saturated rings. The predicted molar refractivity (Wildman–Crippen MR) is 102 cm³/mol. The highest BCUT2D eigenvalue weighted by atomic mass is 35.5. The lowest BCUT2D eigenvalue weighted by Crippen LogP contribution is -2.50. The molecular weight excluding hydrogens is 409 g/mol. The molecule has 0 radical (unpaired) electrons. The molecule has 1 amide bonds. The Morgan fingerprint density at radius 2 is 1.82 bits per heavy atom. The molecule has 1 aromatic carbocycles. The monoisotopic (exact) mass is 427 g/mol. The molecule has 1 aliphatic heterocycles. The molecule has 1 saturated heterocycles. The zero-order valence-electron chi connectivity index (χ0n) is 14.9. The Balaban J connectivity index is 1.59. The normalized spacial score (nSPS) is 15.6. The number of hydrogen-bond donors (Lipinski definition) is 0. The van der Waals surface area contributed by atoms with Gasteiger partial charge in [0, 0.05) is 51.4 Å². The van der Waals surface area contributed by atoms with Gasteiger partial charge in [-0.05, 0) is 24.3 Å².